The summed E-state index contributed by atoms with van der Waals surface area (Å²) in [6, 6.07) is 16.0. The number of aryl methyl sites for hydroxylation is 3. The van der Waals surface area contributed by atoms with E-state index in [4.69, 9.17) is 14.9 Å². The highest BCUT2D eigenvalue weighted by molar-refractivity contribution is 5.73. The van der Waals surface area contributed by atoms with Crippen molar-refractivity contribution in [3.63, 3.8) is 0 Å². The predicted molar refractivity (Wildman–Crippen MR) is 155 cm³/mol. The Morgan fingerprint density at radius 2 is 1.88 bits per heavy atom. The van der Waals surface area contributed by atoms with Crippen molar-refractivity contribution in [2.75, 3.05) is 6.61 Å². The molecule has 1 aliphatic carbocycles. The van der Waals surface area contributed by atoms with Crippen LogP contribution in [0, 0.1) is 25.2 Å². The van der Waals surface area contributed by atoms with Gasteiger partial charge in [-0.15, -0.1) is 0 Å². The number of aliphatic carboxylic acids is 1. The Labute approximate surface area is 239 Å². The van der Waals surface area contributed by atoms with Gasteiger partial charge in [-0.3, -0.25) is 9.36 Å². The Hall–Kier alpha value is -4.29. The molecule has 212 valence electrons. The summed E-state index contributed by atoms with van der Waals surface area (Å²) >= 11 is 0. The van der Waals surface area contributed by atoms with E-state index in [0.29, 0.717) is 55.7 Å². The van der Waals surface area contributed by atoms with E-state index in [9.17, 15) is 14.9 Å². The van der Waals surface area contributed by atoms with Crippen LogP contribution in [0.15, 0.2) is 47.3 Å². The zero-order valence-electron chi connectivity index (χ0n) is 23.8. The molecule has 1 fully saturated rings. The summed E-state index contributed by atoms with van der Waals surface area (Å²) < 4.78 is 9.20. The number of aromatic nitrogens is 4. The molecule has 0 aliphatic heterocycles. The van der Waals surface area contributed by atoms with Crippen molar-refractivity contribution >= 4 is 11.7 Å². The molecule has 0 amide bonds. The molecule has 5 rings (SSSR count). The molecule has 0 unspecified atom stereocenters. The fraction of sp³-hybridized carbons (Fsp3) is 0.406. The van der Waals surface area contributed by atoms with Crippen LogP contribution in [0.4, 0.5) is 0 Å². The monoisotopic (exact) mass is 553 g/mol. The first-order chi connectivity index (χ1) is 19.8. The third-order valence-electron chi connectivity index (χ3n) is 7.94. The summed E-state index contributed by atoms with van der Waals surface area (Å²) in [5.74, 6) is 0.203. The van der Waals surface area contributed by atoms with Crippen LogP contribution in [0.1, 0.15) is 78.8 Å². The van der Waals surface area contributed by atoms with Crippen molar-refractivity contribution in [2.45, 2.75) is 77.9 Å². The van der Waals surface area contributed by atoms with Crippen LogP contribution in [-0.2, 0) is 22.4 Å². The third-order valence-corrected chi connectivity index (χ3v) is 7.94. The second-order valence-electron chi connectivity index (χ2n) is 10.8. The molecule has 41 heavy (non-hydrogen) atoms. The molecule has 9 nitrogen and oxygen atoms in total. The largest absolute Gasteiger partial charge is 0.480 e. The molecule has 4 aromatic rings. The lowest BCUT2D eigenvalue weighted by atomic mass is 9.91. The van der Waals surface area contributed by atoms with Gasteiger partial charge in [-0.2, -0.15) is 15.3 Å². The van der Waals surface area contributed by atoms with Crippen LogP contribution in [0.25, 0.3) is 16.9 Å². The quantitative estimate of drug-likeness (QED) is 0.303. The van der Waals surface area contributed by atoms with Gasteiger partial charge >= 0.3 is 5.97 Å². The van der Waals surface area contributed by atoms with Gasteiger partial charge in [0.25, 0.3) is 5.56 Å². The number of nitrogens with zero attached hydrogens (tertiary/aromatic N) is 5. The summed E-state index contributed by atoms with van der Waals surface area (Å²) in [7, 11) is 0. The summed E-state index contributed by atoms with van der Waals surface area (Å²) in [6.07, 6.45) is 4.66. The van der Waals surface area contributed by atoms with E-state index in [-0.39, 0.29) is 24.3 Å². The number of fused-ring (bicyclic) bond motifs is 1. The van der Waals surface area contributed by atoms with Gasteiger partial charge in [0, 0.05) is 18.0 Å². The van der Waals surface area contributed by atoms with E-state index in [0.717, 1.165) is 39.9 Å². The lowest BCUT2D eigenvalue weighted by Crippen LogP contribution is -2.35. The normalized spacial score (nSPS) is 17.0. The number of hydrogen-bond donors (Lipinski definition) is 1. The summed E-state index contributed by atoms with van der Waals surface area (Å²) in [4.78, 5) is 29.9. The van der Waals surface area contributed by atoms with Crippen LogP contribution < -0.4 is 5.56 Å². The molecule has 9 heteroatoms. The second-order valence-corrected chi connectivity index (χ2v) is 10.8. The smallest absolute Gasteiger partial charge is 0.329 e. The van der Waals surface area contributed by atoms with Gasteiger partial charge in [-0.1, -0.05) is 49.7 Å². The van der Waals surface area contributed by atoms with Gasteiger partial charge in [-0.25, -0.2) is 9.31 Å². The van der Waals surface area contributed by atoms with Crippen molar-refractivity contribution in [3.05, 3.63) is 86.6 Å². The first kappa shape index (κ1) is 28.2. The summed E-state index contributed by atoms with van der Waals surface area (Å²) in [5, 5.41) is 23.3. The molecular formula is C32H35N5O4. The molecule has 0 spiro atoms. The minimum absolute atomic E-state index is 0.0418. The van der Waals surface area contributed by atoms with E-state index in [1.807, 2.05) is 59.3 Å². The number of rotatable bonds is 9. The number of nitriles is 1. The van der Waals surface area contributed by atoms with Crippen LogP contribution >= 0.6 is 0 Å². The zero-order chi connectivity index (χ0) is 29.1. The van der Waals surface area contributed by atoms with Gasteiger partial charge in [0.15, 0.2) is 0 Å². The standard InChI is InChI=1S/C32H35N5O4/c1-4-7-29-28(17-22-10-15-26(20(2)16-22)27-9-6-5-8-23(27)18-33)31(40)36(32-34-21(3)35-37(29)32)24-11-13-25(14-12-24)41-19-30(38)39/h5-6,8-10,15-16,24-25H,4,7,11-14,17,19H2,1-3H3,(H,38,39)/t24-,25-. The maximum atomic E-state index is 14.3. The SMILES string of the molecule is CCCc1c(Cc2ccc(-c3ccccc3C#N)c(C)c2)c(=O)n([C@H]2CC[C@H](OCC(=O)O)CC2)c2nc(C)nn12. The molecule has 2 heterocycles. The van der Waals surface area contributed by atoms with Crippen molar-refractivity contribution in [2.24, 2.45) is 0 Å². The maximum Gasteiger partial charge on any atom is 0.329 e. The average Bonchev–Trinajstić information content (AvgIpc) is 3.35. The Morgan fingerprint density at radius 1 is 1.12 bits per heavy atom. The Kier molecular flexibility index (Phi) is 8.31. The number of carbonyl (C=O) groups is 1. The zero-order valence-corrected chi connectivity index (χ0v) is 23.8. The molecule has 1 aliphatic rings. The number of carboxylic acids is 1. The lowest BCUT2D eigenvalue weighted by molar-refractivity contribution is -0.145. The predicted octanol–water partition coefficient (Wildman–Crippen LogP) is 5.17. The first-order valence-electron chi connectivity index (χ1n) is 14.2. The molecular weight excluding hydrogens is 518 g/mol. The molecule has 1 N–H and O–H groups in total. The molecule has 1 saturated carbocycles. The van der Waals surface area contributed by atoms with E-state index >= 15 is 0 Å². The van der Waals surface area contributed by atoms with E-state index in [1.54, 1.807) is 0 Å². The molecule has 0 atom stereocenters. The van der Waals surface area contributed by atoms with Crippen LogP contribution in [0.2, 0.25) is 0 Å². The van der Waals surface area contributed by atoms with E-state index in [2.05, 4.69) is 24.0 Å². The lowest BCUT2D eigenvalue weighted by Gasteiger charge is -2.30. The average molecular weight is 554 g/mol. The van der Waals surface area contributed by atoms with Crippen molar-refractivity contribution in [3.8, 4) is 17.2 Å². The highest BCUT2D eigenvalue weighted by atomic mass is 16.5. The second kappa shape index (κ2) is 12.1. The Morgan fingerprint density at radius 3 is 2.56 bits per heavy atom. The summed E-state index contributed by atoms with van der Waals surface area (Å²) in [5.41, 5.74) is 6.16. The number of hydrogen-bond acceptors (Lipinski definition) is 6. The highest BCUT2D eigenvalue weighted by Crippen LogP contribution is 2.32. The van der Waals surface area contributed by atoms with Gasteiger partial charge in [0.1, 0.15) is 12.4 Å². The van der Waals surface area contributed by atoms with Crippen LogP contribution in [0.3, 0.4) is 0 Å². The molecule has 2 aromatic carbocycles. The molecule has 0 saturated heterocycles. The minimum atomic E-state index is -0.974. The first-order valence-corrected chi connectivity index (χ1v) is 14.2. The topological polar surface area (TPSA) is 123 Å². The highest BCUT2D eigenvalue weighted by Gasteiger charge is 2.29. The van der Waals surface area contributed by atoms with Crippen molar-refractivity contribution in [1.29, 1.82) is 5.26 Å². The maximum absolute atomic E-state index is 14.3. The van der Waals surface area contributed by atoms with Gasteiger partial charge in [0.05, 0.1) is 23.4 Å². The fourth-order valence-corrected chi connectivity index (χ4v) is 6.05. The number of ether oxygens (including phenoxy) is 1. The van der Waals surface area contributed by atoms with Crippen LogP contribution in [0.5, 0.6) is 0 Å². The Balaban J connectivity index is 1.53. The third kappa shape index (κ3) is 5.79. The molecule has 2 aromatic heterocycles. The number of benzene rings is 2. The van der Waals surface area contributed by atoms with E-state index < -0.39 is 5.97 Å². The molecule has 0 bridgehead atoms. The Bertz CT molecular complexity index is 1690. The minimum Gasteiger partial charge on any atom is -0.480 e. The molecule has 0 radical (unpaired) electrons. The number of carboxylic acid groups (broad SMARTS) is 1. The fourth-order valence-electron chi connectivity index (χ4n) is 6.05. The van der Waals surface area contributed by atoms with Crippen LogP contribution in [-0.4, -0.2) is 43.0 Å². The van der Waals surface area contributed by atoms with Gasteiger partial charge < -0.3 is 9.84 Å². The van der Waals surface area contributed by atoms with Crippen molar-refractivity contribution in [1.82, 2.24) is 19.2 Å². The van der Waals surface area contributed by atoms with E-state index in [1.165, 1.54) is 0 Å². The summed E-state index contributed by atoms with van der Waals surface area (Å²) in [6.45, 7) is 5.66. The van der Waals surface area contributed by atoms with Gasteiger partial charge in [0.2, 0.25) is 5.78 Å². The van der Waals surface area contributed by atoms with Gasteiger partial charge in [-0.05, 0) is 74.3 Å². The van der Waals surface area contributed by atoms with Crippen molar-refractivity contribution < 1.29 is 14.6 Å².